The van der Waals surface area contributed by atoms with Gasteiger partial charge in [-0.3, -0.25) is 19.3 Å². The molecule has 1 aliphatic rings. The van der Waals surface area contributed by atoms with Gasteiger partial charge in [0.25, 0.3) is 10.0 Å². The van der Waals surface area contributed by atoms with Gasteiger partial charge in [-0.2, -0.15) is 0 Å². The van der Waals surface area contributed by atoms with Crippen molar-refractivity contribution in [2.75, 3.05) is 5.32 Å². The predicted octanol–water partition coefficient (Wildman–Crippen LogP) is 1.82. The number of hydrogen-bond donors (Lipinski definition) is 3. The summed E-state index contributed by atoms with van der Waals surface area (Å²) < 4.78 is 26.7. The first kappa shape index (κ1) is 21.5. The number of carbonyl (C=O) groups excluding carboxylic acids is 2. The third-order valence-electron chi connectivity index (χ3n) is 4.40. The van der Waals surface area contributed by atoms with Crippen LogP contribution in [0.1, 0.15) is 31.9 Å². The van der Waals surface area contributed by atoms with Crippen molar-refractivity contribution in [1.82, 2.24) is 10.0 Å². The van der Waals surface area contributed by atoms with Crippen LogP contribution in [0.4, 0.5) is 5.69 Å². The number of hydrogen-bond acceptors (Lipinski definition) is 5. The molecule has 0 unspecified atom stereocenters. The molecule has 2 amide bonds. The van der Waals surface area contributed by atoms with E-state index in [-0.39, 0.29) is 35.0 Å². The summed E-state index contributed by atoms with van der Waals surface area (Å²) in [7, 11) is -3.65. The second-order valence-electron chi connectivity index (χ2n) is 7.34. The second kappa shape index (κ2) is 8.66. The van der Waals surface area contributed by atoms with E-state index in [1.165, 1.54) is 6.07 Å². The quantitative estimate of drug-likeness (QED) is 0.651. The molecule has 0 bridgehead atoms. The van der Waals surface area contributed by atoms with Crippen molar-refractivity contribution in [2.24, 2.45) is 4.99 Å². The Labute approximate surface area is 175 Å². The van der Waals surface area contributed by atoms with Gasteiger partial charge in [0.05, 0.1) is 11.3 Å². The minimum absolute atomic E-state index is 0.0643. The maximum absolute atomic E-state index is 12.5. The molecule has 0 fully saturated rings. The van der Waals surface area contributed by atoms with E-state index in [9.17, 15) is 18.0 Å². The zero-order chi connectivity index (χ0) is 21.9. The van der Waals surface area contributed by atoms with Gasteiger partial charge in [0.15, 0.2) is 0 Å². The highest BCUT2D eigenvalue weighted by Crippen LogP contribution is 2.22. The second-order valence-corrected chi connectivity index (χ2v) is 8.99. The molecule has 3 rings (SSSR count). The van der Waals surface area contributed by atoms with E-state index < -0.39 is 16.1 Å². The fourth-order valence-electron chi connectivity index (χ4n) is 2.99. The van der Waals surface area contributed by atoms with Crippen LogP contribution >= 0.6 is 0 Å². The number of anilines is 1. The topological polar surface area (TPSA) is 117 Å². The van der Waals surface area contributed by atoms with E-state index in [2.05, 4.69) is 20.3 Å². The first-order valence-electron chi connectivity index (χ1n) is 9.55. The Hall–Kier alpha value is -3.20. The Morgan fingerprint density at radius 3 is 2.37 bits per heavy atom. The Bertz CT molecular complexity index is 1090. The van der Waals surface area contributed by atoms with Crippen LogP contribution < -0.4 is 15.4 Å². The molecule has 9 heteroatoms. The normalized spacial score (nSPS) is 16.6. The fraction of sp³-hybridized carbons (Fsp3) is 0.286. The van der Waals surface area contributed by atoms with Crippen molar-refractivity contribution >= 4 is 33.4 Å². The molecule has 2 aromatic carbocycles. The van der Waals surface area contributed by atoms with Crippen molar-refractivity contribution in [2.45, 2.75) is 44.2 Å². The first-order chi connectivity index (χ1) is 14.2. The number of fused-ring (bicyclic) bond motifs is 1. The third kappa shape index (κ3) is 5.04. The number of nitrogens with one attached hydrogen (secondary N) is 3. The molecule has 0 aliphatic carbocycles. The lowest BCUT2D eigenvalue weighted by Gasteiger charge is -2.11. The SMILES string of the molecule is CC(C)NC(=O)Cc1ccc(NC(=O)[C@H](C)N=C2NS(=O)(=O)c3ccccc32)cc1. The first-order valence-corrected chi connectivity index (χ1v) is 11.0. The molecule has 1 aliphatic heterocycles. The van der Waals surface area contributed by atoms with E-state index in [0.717, 1.165) is 5.56 Å². The lowest BCUT2D eigenvalue weighted by Crippen LogP contribution is -2.31. The summed E-state index contributed by atoms with van der Waals surface area (Å²) in [6, 6.07) is 12.7. The molecule has 0 aromatic heterocycles. The van der Waals surface area contributed by atoms with Gasteiger partial charge in [-0.05, 0) is 50.6 Å². The number of nitrogens with zero attached hydrogens (tertiary/aromatic N) is 1. The number of amides is 2. The highest BCUT2D eigenvalue weighted by Gasteiger charge is 2.31. The summed E-state index contributed by atoms with van der Waals surface area (Å²) in [6.07, 6.45) is 0.260. The summed E-state index contributed by atoms with van der Waals surface area (Å²) in [5.74, 6) is -0.290. The maximum Gasteiger partial charge on any atom is 0.263 e. The maximum atomic E-state index is 12.5. The van der Waals surface area contributed by atoms with E-state index >= 15 is 0 Å². The molecule has 1 heterocycles. The molecule has 8 nitrogen and oxygen atoms in total. The molecule has 0 radical (unpaired) electrons. The van der Waals surface area contributed by atoms with Gasteiger partial charge in [0.1, 0.15) is 11.9 Å². The van der Waals surface area contributed by atoms with Crippen LogP contribution in [-0.4, -0.2) is 38.2 Å². The minimum atomic E-state index is -3.65. The molecule has 0 spiro atoms. The number of rotatable bonds is 6. The smallest absolute Gasteiger partial charge is 0.263 e. The Morgan fingerprint density at radius 2 is 1.70 bits per heavy atom. The van der Waals surface area contributed by atoms with Gasteiger partial charge in [0.2, 0.25) is 11.8 Å². The summed E-state index contributed by atoms with van der Waals surface area (Å²) in [5, 5.41) is 5.58. The lowest BCUT2D eigenvalue weighted by atomic mass is 10.1. The van der Waals surface area contributed by atoms with Crippen molar-refractivity contribution < 1.29 is 18.0 Å². The molecular formula is C21H24N4O4S. The van der Waals surface area contributed by atoms with Crippen LogP contribution in [0, 0.1) is 0 Å². The van der Waals surface area contributed by atoms with Crippen molar-refractivity contribution in [1.29, 1.82) is 0 Å². The summed E-state index contributed by atoms with van der Waals surface area (Å²) >= 11 is 0. The number of benzene rings is 2. The van der Waals surface area contributed by atoms with Crippen LogP contribution in [0.15, 0.2) is 58.4 Å². The van der Waals surface area contributed by atoms with Gasteiger partial charge in [-0.1, -0.05) is 24.3 Å². The molecule has 0 saturated heterocycles. The minimum Gasteiger partial charge on any atom is -0.354 e. The summed E-state index contributed by atoms with van der Waals surface area (Å²) in [5.41, 5.74) is 1.84. The molecule has 0 saturated carbocycles. The Morgan fingerprint density at radius 1 is 1.03 bits per heavy atom. The Balaban J connectivity index is 1.65. The van der Waals surface area contributed by atoms with E-state index in [0.29, 0.717) is 11.3 Å². The lowest BCUT2D eigenvalue weighted by molar-refractivity contribution is -0.121. The van der Waals surface area contributed by atoms with Crippen molar-refractivity contribution in [3.63, 3.8) is 0 Å². The zero-order valence-electron chi connectivity index (χ0n) is 17.0. The summed E-state index contributed by atoms with van der Waals surface area (Å²) in [4.78, 5) is 28.7. The highest BCUT2D eigenvalue weighted by atomic mass is 32.2. The number of aliphatic imine (C=N–C) groups is 1. The van der Waals surface area contributed by atoms with Gasteiger partial charge >= 0.3 is 0 Å². The Kier molecular flexibility index (Phi) is 6.21. The van der Waals surface area contributed by atoms with E-state index in [1.807, 2.05) is 13.8 Å². The number of carbonyl (C=O) groups is 2. The predicted molar refractivity (Wildman–Crippen MR) is 115 cm³/mol. The average Bonchev–Trinajstić information content (AvgIpc) is 2.93. The standard InChI is InChI=1S/C21H24N4O4S/c1-13(2)22-19(26)12-15-8-10-16(11-9-15)24-21(27)14(3)23-20-17-6-4-5-7-18(17)30(28,29)25-20/h4-11,13-14H,12H2,1-3H3,(H,22,26)(H,23,25)(H,24,27)/t14-/m0/s1. The number of amidine groups is 1. The van der Waals surface area contributed by atoms with Crippen LogP contribution in [0.5, 0.6) is 0 Å². The monoisotopic (exact) mass is 428 g/mol. The van der Waals surface area contributed by atoms with Crippen LogP contribution in [0.25, 0.3) is 0 Å². The summed E-state index contributed by atoms with van der Waals surface area (Å²) in [6.45, 7) is 5.38. The molecule has 3 N–H and O–H groups in total. The molecule has 158 valence electrons. The van der Waals surface area contributed by atoms with Crippen LogP contribution in [0.2, 0.25) is 0 Å². The van der Waals surface area contributed by atoms with Gasteiger partial charge in [-0.15, -0.1) is 0 Å². The largest absolute Gasteiger partial charge is 0.354 e. The highest BCUT2D eigenvalue weighted by molar-refractivity contribution is 7.90. The van der Waals surface area contributed by atoms with Crippen LogP contribution in [-0.2, 0) is 26.0 Å². The van der Waals surface area contributed by atoms with Gasteiger partial charge < -0.3 is 10.6 Å². The van der Waals surface area contributed by atoms with Gasteiger partial charge in [-0.25, -0.2) is 8.42 Å². The molecular weight excluding hydrogens is 404 g/mol. The number of sulfonamides is 1. The average molecular weight is 429 g/mol. The van der Waals surface area contributed by atoms with Crippen molar-refractivity contribution in [3.8, 4) is 0 Å². The van der Waals surface area contributed by atoms with E-state index in [4.69, 9.17) is 0 Å². The van der Waals surface area contributed by atoms with Crippen LogP contribution in [0.3, 0.4) is 0 Å². The third-order valence-corrected chi connectivity index (χ3v) is 5.80. The van der Waals surface area contributed by atoms with E-state index in [1.54, 1.807) is 49.4 Å². The molecule has 1 atom stereocenters. The van der Waals surface area contributed by atoms with Gasteiger partial charge in [0, 0.05) is 17.3 Å². The zero-order valence-corrected chi connectivity index (χ0v) is 17.8. The fourth-order valence-corrected chi connectivity index (χ4v) is 4.23. The molecule has 2 aromatic rings. The molecule has 30 heavy (non-hydrogen) atoms. The van der Waals surface area contributed by atoms with Crippen molar-refractivity contribution in [3.05, 3.63) is 59.7 Å².